The number of hydrogen-bond acceptors (Lipinski definition) is 3. The molecule has 2 aromatic heterocycles. The van der Waals surface area contributed by atoms with E-state index in [4.69, 9.17) is 0 Å². The second kappa shape index (κ2) is 7.60. The maximum Gasteiger partial charge on any atom is 0.251 e. The number of rotatable bonds is 5. The highest BCUT2D eigenvalue weighted by Crippen LogP contribution is 2.19. The number of hydrogen-bond donors (Lipinski definition) is 1. The third-order valence-corrected chi connectivity index (χ3v) is 4.66. The molecular weight excluding hydrogens is 355 g/mol. The lowest BCUT2D eigenvalue weighted by atomic mass is 10.1. The molecule has 0 aliphatic rings. The van der Waals surface area contributed by atoms with E-state index in [1.165, 1.54) is 17.7 Å². The van der Waals surface area contributed by atoms with Gasteiger partial charge in [-0.25, -0.2) is 4.39 Å². The average molecular weight is 374 g/mol. The van der Waals surface area contributed by atoms with Crippen molar-refractivity contribution in [2.24, 2.45) is 0 Å². The number of carbonyl (C=O) groups excluding carboxylic acids is 1. The Kier molecular flexibility index (Phi) is 4.85. The molecule has 0 atom stereocenters. The molecule has 28 heavy (non-hydrogen) atoms. The van der Waals surface area contributed by atoms with E-state index in [1.54, 1.807) is 34.9 Å². The number of nitrogens with one attached hydrogen (secondary N) is 1. The summed E-state index contributed by atoms with van der Waals surface area (Å²) in [6, 6.07) is 17.7. The predicted molar refractivity (Wildman–Crippen MR) is 105 cm³/mol. The largest absolute Gasteiger partial charge is 0.348 e. The van der Waals surface area contributed by atoms with Gasteiger partial charge in [0.1, 0.15) is 5.82 Å². The predicted octanol–water partition coefficient (Wildman–Crippen LogP) is 4.03. The Labute approximate surface area is 161 Å². The first-order valence-electron chi connectivity index (χ1n) is 9.11. The fourth-order valence-electron chi connectivity index (χ4n) is 3.01. The second-order valence-electron chi connectivity index (χ2n) is 6.53. The Balaban J connectivity index is 1.51. The molecule has 0 bridgehead atoms. The van der Waals surface area contributed by atoms with Crippen molar-refractivity contribution in [3.8, 4) is 11.4 Å². The lowest BCUT2D eigenvalue weighted by Crippen LogP contribution is -2.22. The summed E-state index contributed by atoms with van der Waals surface area (Å²) in [4.78, 5) is 12.5. The van der Waals surface area contributed by atoms with Crippen LogP contribution in [0, 0.1) is 5.82 Å². The molecule has 0 spiro atoms. The molecule has 6 heteroatoms. The molecule has 0 saturated heterocycles. The highest BCUT2D eigenvalue weighted by molar-refractivity contribution is 5.95. The summed E-state index contributed by atoms with van der Waals surface area (Å²) in [6.07, 6.45) is 2.74. The molecule has 2 aromatic carbocycles. The highest BCUT2D eigenvalue weighted by Gasteiger charge is 2.12. The Morgan fingerprint density at radius 3 is 2.43 bits per heavy atom. The van der Waals surface area contributed by atoms with E-state index in [1.807, 2.05) is 12.1 Å². The number of aryl methyl sites for hydroxylation is 1. The molecule has 140 valence electrons. The summed E-state index contributed by atoms with van der Waals surface area (Å²) in [5.74, 6) is 0.118. The number of aromatic nitrogens is 3. The molecule has 2 heterocycles. The first-order chi connectivity index (χ1) is 13.6. The van der Waals surface area contributed by atoms with Crippen molar-refractivity contribution < 1.29 is 9.18 Å². The van der Waals surface area contributed by atoms with Gasteiger partial charge in [0.15, 0.2) is 11.5 Å². The standard InChI is InChI=1S/C22H19FN4O/c1-2-15-3-5-16(6-4-15)14-24-22(28)18-11-12-27-20(13-18)25-26-21(27)17-7-9-19(23)10-8-17/h3-13H,2,14H2,1H3,(H,24,28). The Bertz CT molecular complexity index is 1120. The van der Waals surface area contributed by atoms with E-state index >= 15 is 0 Å². The Morgan fingerprint density at radius 2 is 1.71 bits per heavy atom. The van der Waals surface area contributed by atoms with Crippen molar-refractivity contribution >= 4 is 11.6 Å². The first-order valence-corrected chi connectivity index (χ1v) is 9.11. The number of amides is 1. The molecule has 5 nitrogen and oxygen atoms in total. The smallest absolute Gasteiger partial charge is 0.251 e. The van der Waals surface area contributed by atoms with Crippen LogP contribution in [0.2, 0.25) is 0 Å². The molecule has 1 amide bonds. The zero-order valence-corrected chi connectivity index (χ0v) is 15.4. The van der Waals surface area contributed by atoms with Crippen LogP contribution < -0.4 is 5.32 Å². The average Bonchev–Trinajstić information content (AvgIpc) is 3.16. The van der Waals surface area contributed by atoms with Crippen molar-refractivity contribution in [1.29, 1.82) is 0 Å². The zero-order valence-electron chi connectivity index (χ0n) is 15.4. The van der Waals surface area contributed by atoms with Gasteiger partial charge in [0, 0.05) is 23.9 Å². The molecule has 0 radical (unpaired) electrons. The second-order valence-corrected chi connectivity index (χ2v) is 6.53. The van der Waals surface area contributed by atoms with Crippen molar-refractivity contribution in [3.63, 3.8) is 0 Å². The summed E-state index contributed by atoms with van der Waals surface area (Å²) >= 11 is 0. The van der Waals surface area contributed by atoms with E-state index in [9.17, 15) is 9.18 Å². The minimum atomic E-state index is -0.305. The molecule has 4 aromatic rings. The SMILES string of the molecule is CCc1ccc(CNC(=O)c2ccn3c(-c4ccc(F)cc4)nnc3c2)cc1. The third-order valence-electron chi connectivity index (χ3n) is 4.66. The minimum absolute atomic E-state index is 0.173. The summed E-state index contributed by atoms with van der Waals surface area (Å²) < 4.78 is 14.9. The molecule has 0 saturated carbocycles. The van der Waals surface area contributed by atoms with Crippen LogP contribution in [0.3, 0.4) is 0 Å². The summed E-state index contributed by atoms with van der Waals surface area (Å²) in [6.45, 7) is 2.57. The van der Waals surface area contributed by atoms with Crippen LogP contribution in [0.4, 0.5) is 4.39 Å². The molecule has 1 N–H and O–H groups in total. The van der Waals surface area contributed by atoms with Crippen LogP contribution in [0.15, 0.2) is 66.9 Å². The van der Waals surface area contributed by atoms with Gasteiger partial charge in [-0.1, -0.05) is 31.2 Å². The molecule has 0 fully saturated rings. The van der Waals surface area contributed by atoms with Crippen LogP contribution in [-0.2, 0) is 13.0 Å². The van der Waals surface area contributed by atoms with Gasteiger partial charge in [0.25, 0.3) is 5.91 Å². The van der Waals surface area contributed by atoms with E-state index < -0.39 is 0 Å². The van der Waals surface area contributed by atoms with Crippen LogP contribution in [0.25, 0.3) is 17.0 Å². The fourth-order valence-corrected chi connectivity index (χ4v) is 3.01. The molecule has 0 aliphatic heterocycles. The van der Waals surface area contributed by atoms with Crippen LogP contribution in [-0.4, -0.2) is 20.5 Å². The van der Waals surface area contributed by atoms with Gasteiger partial charge in [-0.2, -0.15) is 0 Å². The van der Waals surface area contributed by atoms with E-state index in [0.717, 1.165) is 17.5 Å². The summed E-state index contributed by atoms with van der Waals surface area (Å²) in [5, 5.41) is 11.2. The summed E-state index contributed by atoms with van der Waals surface area (Å²) in [7, 11) is 0. The van der Waals surface area contributed by atoms with Crippen LogP contribution in [0.1, 0.15) is 28.4 Å². The lowest BCUT2D eigenvalue weighted by Gasteiger charge is -2.07. The number of halogens is 1. The number of nitrogens with zero attached hydrogens (tertiary/aromatic N) is 3. The maximum absolute atomic E-state index is 13.1. The van der Waals surface area contributed by atoms with Crippen LogP contribution in [0.5, 0.6) is 0 Å². The summed E-state index contributed by atoms with van der Waals surface area (Å²) in [5.41, 5.74) is 4.13. The van der Waals surface area contributed by atoms with E-state index in [0.29, 0.717) is 23.6 Å². The molecule has 4 rings (SSSR count). The van der Waals surface area contributed by atoms with Gasteiger partial charge in [-0.05, 0) is 53.9 Å². The lowest BCUT2D eigenvalue weighted by molar-refractivity contribution is 0.0951. The van der Waals surface area contributed by atoms with Crippen molar-refractivity contribution in [2.75, 3.05) is 0 Å². The third kappa shape index (κ3) is 3.62. The van der Waals surface area contributed by atoms with Crippen LogP contribution >= 0.6 is 0 Å². The van der Waals surface area contributed by atoms with Gasteiger partial charge in [-0.15, -0.1) is 10.2 Å². The highest BCUT2D eigenvalue weighted by atomic mass is 19.1. The maximum atomic E-state index is 13.1. The van der Waals surface area contributed by atoms with Gasteiger partial charge in [-0.3, -0.25) is 9.20 Å². The van der Waals surface area contributed by atoms with Gasteiger partial charge in [0.05, 0.1) is 0 Å². The first kappa shape index (κ1) is 17.9. The quantitative estimate of drug-likeness (QED) is 0.574. The number of fused-ring (bicyclic) bond motifs is 1. The topological polar surface area (TPSA) is 59.3 Å². The van der Waals surface area contributed by atoms with Crippen molar-refractivity contribution in [2.45, 2.75) is 19.9 Å². The minimum Gasteiger partial charge on any atom is -0.348 e. The van der Waals surface area contributed by atoms with Crippen molar-refractivity contribution in [3.05, 3.63) is 89.4 Å². The monoisotopic (exact) mass is 374 g/mol. The Hall–Kier alpha value is -3.54. The number of carbonyl (C=O) groups is 1. The number of benzene rings is 2. The zero-order chi connectivity index (χ0) is 19.5. The number of pyridine rings is 1. The molecular formula is C22H19FN4O. The van der Waals surface area contributed by atoms with E-state index in [-0.39, 0.29) is 11.7 Å². The molecule has 0 unspecified atom stereocenters. The van der Waals surface area contributed by atoms with Gasteiger partial charge >= 0.3 is 0 Å². The normalized spacial score (nSPS) is 10.9. The molecule has 0 aliphatic carbocycles. The van der Waals surface area contributed by atoms with Gasteiger partial charge in [0.2, 0.25) is 0 Å². The fraction of sp³-hybridized carbons (Fsp3) is 0.136. The van der Waals surface area contributed by atoms with E-state index in [2.05, 4.69) is 34.6 Å². The Morgan fingerprint density at radius 1 is 1.00 bits per heavy atom. The van der Waals surface area contributed by atoms with Gasteiger partial charge < -0.3 is 5.32 Å². The van der Waals surface area contributed by atoms with Crippen molar-refractivity contribution in [1.82, 2.24) is 19.9 Å².